The molecule has 0 aliphatic carbocycles. The SMILES string of the molecule is CCCc1noc(I)n1. The predicted octanol–water partition coefficient (Wildman–Crippen LogP) is 1.63. The summed E-state index contributed by atoms with van der Waals surface area (Å²) in [4.78, 5) is 4.01. The zero-order valence-electron chi connectivity index (χ0n) is 5.09. The summed E-state index contributed by atoms with van der Waals surface area (Å²) >= 11 is 2.00. The molecule has 4 heteroatoms. The van der Waals surface area contributed by atoms with Gasteiger partial charge >= 0.3 is 0 Å². The van der Waals surface area contributed by atoms with Crippen molar-refractivity contribution in [3.8, 4) is 0 Å². The highest BCUT2D eigenvalue weighted by Gasteiger charge is 1.99. The number of hydrogen-bond donors (Lipinski definition) is 0. The van der Waals surface area contributed by atoms with Gasteiger partial charge in [-0.05, 0) is 6.42 Å². The minimum absolute atomic E-state index is 0.621. The zero-order chi connectivity index (χ0) is 6.69. The van der Waals surface area contributed by atoms with E-state index in [1.54, 1.807) is 0 Å². The Hall–Kier alpha value is -0.130. The lowest BCUT2D eigenvalue weighted by Gasteiger charge is -1.81. The molecule has 0 bridgehead atoms. The fourth-order valence-corrected chi connectivity index (χ4v) is 0.935. The maximum Gasteiger partial charge on any atom is 0.287 e. The van der Waals surface area contributed by atoms with Gasteiger partial charge in [0.25, 0.3) is 3.90 Å². The van der Waals surface area contributed by atoms with Gasteiger partial charge in [0.15, 0.2) is 5.82 Å². The van der Waals surface area contributed by atoms with Gasteiger partial charge in [0.1, 0.15) is 0 Å². The molecule has 1 aromatic heterocycles. The van der Waals surface area contributed by atoms with E-state index in [-0.39, 0.29) is 0 Å². The monoisotopic (exact) mass is 238 g/mol. The normalized spacial score (nSPS) is 10.0. The lowest BCUT2D eigenvalue weighted by molar-refractivity contribution is 0.387. The molecule has 9 heavy (non-hydrogen) atoms. The lowest BCUT2D eigenvalue weighted by Crippen LogP contribution is -1.84. The summed E-state index contributed by atoms with van der Waals surface area (Å²) in [6.07, 6.45) is 1.97. The van der Waals surface area contributed by atoms with Gasteiger partial charge in [-0.3, -0.25) is 0 Å². The van der Waals surface area contributed by atoms with Gasteiger partial charge < -0.3 is 4.52 Å². The molecule has 0 atom stereocenters. The average molecular weight is 238 g/mol. The van der Waals surface area contributed by atoms with Crippen LogP contribution in [-0.4, -0.2) is 10.1 Å². The number of aromatic nitrogens is 2. The number of rotatable bonds is 2. The van der Waals surface area contributed by atoms with Gasteiger partial charge in [0.05, 0.1) is 0 Å². The molecular weight excluding hydrogens is 231 g/mol. The van der Waals surface area contributed by atoms with Crippen molar-refractivity contribution in [3.63, 3.8) is 0 Å². The molecule has 0 fully saturated rings. The van der Waals surface area contributed by atoms with Crippen LogP contribution < -0.4 is 0 Å². The first-order valence-electron chi connectivity index (χ1n) is 2.81. The quantitative estimate of drug-likeness (QED) is 0.735. The number of halogens is 1. The van der Waals surface area contributed by atoms with Crippen molar-refractivity contribution in [3.05, 3.63) is 9.72 Å². The fourth-order valence-electron chi connectivity index (χ4n) is 0.558. The van der Waals surface area contributed by atoms with E-state index >= 15 is 0 Å². The molecule has 1 aromatic rings. The third-order valence-corrected chi connectivity index (χ3v) is 1.36. The van der Waals surface area contributed by atoms with Crippen LogP contribution in [0.5, 0.6) is 0 Å². The van der Waals surface area contributed by atoms with E-state index in [1.165, 1.54) is 0 Å². The van der Waals surface area contributed by atoms with E-state index < -0.39 is 0 Å². The van der Waals surface area contributed by atoms with E-state index in [0.717, 1.165) is 18.7 Å². The van der Waals surface area contributed by atoms with Crippen LogP contribution in [0.15, 0.2) is 4.52 Å². The Morgan fingerprint density at radius 3 is 2.89 bits per heavy atom. The third-order valence-electron chi connectivity index (χ3n) is 0.917. The summed E-state index contributed by atoms with van der Waals surface area (Å²) in [5.74, 6) is 0.807. The van der Waals surface area contributed by atoms with Crippen LogP contribution in [0, 0.1) is 3.90 Å². The summed E-state index contributed by atoms with van der Waals surface area (Å²) in [5, 5.41) is 3.71. The highest BCUT2D eigenvalue weighted by atomic mass is 127. The summed E-state index contributed by atoms with van der Waals surface area (Å²) in [6.45, 7) is 2.09. The Morgan fingerprint density at radius 1 is 1.67 bits per heavy atom. The maximum absolute atomic E-state index is 4.74. The first kappa shape index (κ1) is 6.98. The van der Waals surface area contributed by atoms with Crippen LogP contribution >= 0.6 is 22.6 Å². The van der Waals surface area contributed by atoms with Crippen molar-refractivity contribution >= 4 is 22.6 Å². The Bertz CT molecular complexity index is 187. The second-order valence-corrected chi connectivity index (χ2v) is 2.64. The highest BCUT2D eigenvalue weighted by molar-refractivity contribution is 14.1. The first-order valence-corrected chi connectivity index (χ1v) is 3.89. The molecular formula is C5H7IN2O. The van der Waals surface area contributed by atoms with Crippen molar-refractivity contribution in [2.24, 2.45) is 0 Å². The van der Waals surface area contributed by atoms with Gasteiger partial charge in [0, 0.05) is 29.0 Å². The molecule has 0 aliphatic rings. The van der Waals surface area contributed by atoms with E-state index in [9.17, 15) is 0 Å². The van der Waals surface area contributed by atoms with Crippen molar-refractivity contribution in [2.75, 3.05) is 0 Å². The Kier molecular flexibility index (Phi) is 2.44. The molecule has 50 valence electrons. The Labute approximate surface area is 67.0 Å². The van der Waals surface area contributed by atoms with Crippen LogP contribution in [0.2, 0.25) is 0 Å². The average Bonchev–Trinajstić information content (AvgIpc) is 2.17. The largest absolute Gasteiger partial charge is 0.328 e. The molecule has 0 saturated heterocycles. The molecule has 0 N–H and O–H groups in total. The summed E-state index contributed by atoms with van der Waals surface area (Å²) in [6, 6.07) is 0. The van der Waals surface area contributed by atoms with E-state index in [4.69, 9.17) is 4.52 Å². The molecule has 0 spiro atoms. The number of hydrogen-bond acceptors (Lipinski definition) is 3. The third kappa shape index (κ3) is 1.92. The minimum Gasteiger partial charge on any atom is -0.328 e. The van der Waals surface area contributed by atoms with Gasteiger partial charge in [0.2, 0.25) is 0 Å². The van der Waals surface area contributed by atoms with Crippen LogP contribution in [0.25, 0.3) is 0 Å². The molecule has 0 radical (unpaired) electrons. The summed E-state index contributed by atoms with van der Waals surface area (Å²) in [7, 11) is 0. The molecule has 0 aromatic carbocycles. The molecule has 0 amide bonds. The molecule has 0 aliphatic heterocycles. The second kappa shape index (κ2) is 3.14. The zero-order valence-corrected chi connectivity index (χ0v) is 7.25. The maximum atomic E-state index is 4.74. The molecule has 1 rings (SSSR count). The Balaban J connectivity index is 2.61. The van der Waals surface area contributed by atoms with E-state index in [1.807, 2.05) is 22.6 Å². The highest BCUT2D eigenvalue weighted by Crippen LogP contribution is 2.01. The lowest BCUT2D eigenvalue weighted by atomic mass is 10.3. The standard InChI is InChI=1S/C5H7IN2O/c1-2-3-4-7-5(6)9-8-4/h2-3H2,1H3. The van der Waals surface area contributed by atoms with Gasteiger partial charge in [-0.15, -0.1) is 0 Å². The topological polar surface area (TPSA) is 38.9 Å². The molecule has 0 unspecified atom stereocenters. The van der Waals surface area contributed by atoms with Gasteiger partial charge in [-0.1, -0.05) is 12.1 Å². The number of nitrogens with zero attached hydrogens (tertiary/aromatic N) is 2. The number of aryl methyl sites for hydroxylation is 1. The predicted molar refractivity (Wildman–Crippen MR) is 41.0 cm³/mol. The van der Waals surface area contributed by atoms with Crippen LogP contribution in [-0.2, 0) is 6.42 Å². The van der Waals surface area contributed by atoms with Crippen molar-refractivity contribution in [2.45, 2.75) is 19.8 Å². The van der Waals surface area contributed by atoms with Crippen LogP contribution in [0.1, 0.15) is 19.2 Å². The van der Waals surface area contributed by atoms with E-state index in [2.05, 4.69) is 17.1 Å². The second-order valence-electron chi connectivity index (χ2n) is 1.71. The van der Waals surface area contributed by atoms with Gasteiger partial charge in [-0.25, -0.2) is 0 Å². The van der Waals surface area contributed by atoms with Crippen molar-refractivity contribution in [1.82, 2.24) is 10.1 Å². The Morgan fingerprint density at radius 2 is 2.44 bits per heavy atom. The van der Waals surface area contributed by atoms with Crippen molar-refractivity contribution < 1.29 is 4.52 Å². The van der Waals surface area contributed by atoms with E-state index in [0.29, 0.717) is 3.90 Å². The van der Waals surface area contributed by atoms with Crippen molar-refractivity contribution in [1.29, 1.82) is 0 Å². The minimum atomic E-state index is 0.621. The molecule has 0 saturated carbocycles. The molecule has 3 nitrogen and oxygen atoms in total. The van der Waals surface area contributed by atoms with Gasteiger partial charge in [-0.2, -0.15) is 4.98 Å². The smallest absolute Gasteiger partial charge is 0.287 e. The van der Waals surface area contributed by atoms with Crippen LogP contribution in [0.4, 0.5) is 0 Å². The first-order chi connectivity index (χ1) is 4.33. The fraction of sp³-hybridized carbons (Fsp3) is 0.600. The summed E-state index contributed by atoms with van der Waals surface area (Å²) < 4.78 is 5.36. The van der Waals surface area contributed by atoms with Crippen LogP contribution in [0.3, 0.4) is 0 Å². The molecule has 1 heterocycles. The summed E-state index contributed by atoms with van der Waals surface area (Å²) in [5.41, 5.74) is 0.